The summed E-state index contributed by atoms with van der Waals surface area (Å²) in [6.45, 7) is 0. The van der Waals surface area contributed by atoms with E-state index < -0.39 is 11.5 Å². The molecule has 1 fully saturated rings. The molecule has 0 saturated heterocycles. The minimum atomic E-state index is -0.671. The zero-order chi connectivity index (χ0) is 25.8. The number of allylic oxidation sites excluding steroid dienone is 2. The lowest BCUT2D eigenvalue weighted by Crippen LogP contribution is -2.47. The third-order valence-electron chi connectivity index (χ3n) is 7.50. The van der Waals surface area contributed by atoms with Crippen molar-refractivity contribution in [3.63, 3.8) is 0 Å². The van der Waals surface area contributed by atoms with Gasteiger partial charge in [0.2, 0.25) is 11.9 Å². The molecule has 1 amide bonds. The van der Waals surface area contributed by atoms with Crippen molar-refractivity contribution in [2.75, 3.05) is 17.7 Å². The third-order valence-corrected chi connectivity index (χ3v) is 7.76. The van der Waals surface area contributed by atoms with Gasteiger partial charge in [0.25, 0.3) is 0 Å². The molecule has 2 aliphatic carbocycles. The highest BCUT2D eigenvalue weighted by molar-refractivity contribution is 6.30. The third kappa shape index (κ3) is 5.63. The van der Waals surface area contributed by atoms with E-state index >= 15 is 0 Å². The minimum Gasteiger partial charge on any atom is -0.373 e. The lowest BCUT2D eigenvalue weighted by Gasteiger charge is -2.40. The van der Waals surface area contributed by atoms with Gasteiger partial charge in [-0.1, -0.05) is 48.0 Å². The number of benzene rings is 2. The summed E-state index contributed by atoms with van der Waals surface area (Å²) in [5, 5.41) is 8.63. The molecule has 3 aromatic rings. The summed E-state index contributed by atoms with van der Waals surface area (Å²) >= 11 is 6.05. The molecular weight excluding hydrogens is 486 g/mol. The first-order valence-electron chi connectivity index (χ1n) is 12.7. The minimum absolute atomic E-state index is 0.271. The number of methoxy groups -OCH3 is 1. The van der Waals surface area contributed by atoms with Gasteiger partial charge in [-0.25, -0.2) is 4.98 Å². The number of fused-ring (bicyclic) bond motifs is 1. The van der Waals surface area contributed by atoms with Crippen LogP contribution in [0.2, 0.25) is 5.02 Å². The van der Waals surface area contributed by atoms with Crippen LogP contribution in [-0.2, 0) is 9.53 Å². The normalized spacial score (nSPS) is 25.2. The predicted molar refractivity (Wildman–Crippen MR) is 149 cm³/mol. The zero-order valence-electron chi connectivity index (χ0n) is 20.9. The van der Waals surface area contributed by atoms with Crippen molar-refractivity contribution in [2.24, 2.45) is 17.6 Å². The molecule has 37 heavy (non-hydrogen) atoms. The number of aromatic nitrogens is 2. The van der Waals surface area contributed by atoms with Gasteiger partial charge in [-0.2, -0.15) is 4.98 Å². The molecule has 0 aliphatic heterocycles. The molecule has 1 saturated carbocycles. The van der Waals surface area contributed by atoms with Gasteiger partial charge < -0.3 is 21.1 Å². The van der Waals surface area contributed by atoms with Crippen molar-refractivity contribution in [1.82, 2.24) is 9.97 Å². The van der Waals surface area contributed by atoms with E-state index in [0.29, 0.717) is 16.9 Å². The molecule has 1 aromatic heterocycles. The van der Waals surface area contributed by atoms with Gasteiger partial charge in [-0.05, 0) is 74.4 Å². The Balaban J connectivity index is 1.27. The predicted octanol–water partition coefficient (Wildman–Crippen LogP) is 6.00. The van der Waals surface area contributed by atoms with Gasteiger partial charge in [-0.15, -0.1) is 0 Å². The van der Waals surface area contributed by atoms with Gasteiger partial charge in [0, 0.05) is 29.2 Å². The van der Waals surface area contributed by atoms with Crippen LogP contribution >= 0.6 is 11.6 Å². The molecule has 0 unspecified atom stereocenters. The Kier molecular flexibility index (Phi) is 7.44. The highest BCUT2D eigenvalue weighted by Crippen LogP contribution is 2.39. The van der Waals surface area contributed by atoms with Crippen LogP contribution in [0.15, 0.2) is 72.8 Å². The van der Waals surface area contributed by atoms with E-state index in [4.69, 9.17) is 32.0 Å². The topological polar surface area (TPSA) is 102 Å². The highest BCUT2D eigenvalue weighted by Gasteiger charge is 2.42. The summed E-state index contributed by atoms with van der Waals surface area (Å²) in [5.74, 6) is 1.00. The summed E-state index contributed by atoms with van der Waals surface area (Å²) in [5.41, 5.74) is 6.81. The number of nitrogens with two attached hydrogens (primary N) is 1. The van der Waals surface area contributed by atoms with Crippen LogP contribution in [0.5, 0.6) is 0 Å². The average molecular weight is 518 g/mol. The fourth-order valence-electron chi connectivity index (χ4n) is 5.52. The number of carbonyl (C=O) groups excluding carboxylic acids is 1. The van der Waals surface area contributed by atoms with Crippen LogP contribution in [0, 0.1) is 11.8 Å². The first kappa shape index (κ1) is 25.2. The SMILES string of the molecule is CO[C@]1(CC2CCC(Nc3nc(Nc4ccc(Cl)cc4)c4ccccc4n3)CC2)C=CC=C[C@H]1C(N)=O. The monoisotopic (exact) mass is 517 g/mol. The molecule has 5 rings (SSSR count). The maximum atomic E-state index is 12.1. The molecule has 4 N–H and O–H groups in total. The lowest BCUT2D eigenvalue weighted by molar-refractivity contribution is -0.129. The molecule has 0 bridgehead atoms. The largest absolute Gasteiger partial charge is 0.373 e. The number of ether oxygens (including phenoxy) is 1. The Morgan fingerprint density at radius 3 is 2.57 bits per heavy atom. The molecule has 192 valence electrons. The van der Waals surface area contributed by atoms with Crippen LogP contribution in [0.4, 0.5) is 17.5 Å². The van der Waals surface area contributed by atoms with Gasteiger partial charge in [0.15, 0.2) is 0 Å². The van der Waals surface area contributed by atoms with Crippen LogP contribution in [0.3, 0.4) is 0 Å². The first-order valence-corrected chi connectivity index (χ1v) is 13.1. The van der Waals surface area contributed by atoms with Gasteiger partial charge >= 0.3 is 0 Å². The number of primary amides is 1. The Morgan fingerprint density at radius 2 is 1.84 bits per heavy atom. The number of carbonyl (C=O) groups is 1. The average Bonchev–Trinajstić information content (AvgIpc) is 2.91. The second-order valence-corrected chi connectivity index (χ2v) is 10.3. The smallest absolute Gasteiger partial charge is 0.227 e. The Morgan fingerprint density at radius 1 is 1.08 bits per heavy atom. The van der Waals surface area contributed by atoms with Crippen LogP contribution < -0.4 is 16.4 Å². The van der Waals surface area contributed by atoms with Crippen LogP contribution in [-0.4, -0.2) is 34.6 Å². The maximum absolute atomic E-state index is 12.1. The van der Waals surface area contributed by atoms with Crippen molar-refractivity contribution in [1.29, 1.82) is 0 Å². The number of hydrogen-bond donors (Lipinski definition) is 3. The number of nitrogens with zero attached hydrogens (tertiary/aromatic N) is 2. The van der Waals surface area contributed by atoms with E-state index in [1.54, 1.807) is 7.11 Å². The number of halogens is 1. The Hall–Kier alpha value is -3.42. The molecule has 0 radical (unpaired) electrons. The number of nitrogens with one attached hydrogen (secondary N) is 2. The van der Waals surface area contributed by atoms with E-state index in [2.05, 4.69) is 10.6 Å². The summed E-state index contributed by atoms with van der Waals surface area (Å²) in [4.78, 5) is 21.7. The standard InChI is InChI=1S/C29H32ClN5O2/c1-37-29(17-5-4-7-24(29)26(31)36)18-19-9-13-22(14-10-19)33-28-34-25-8-3-2-6-23(25)27(35-28)32-21-15-11-20(30)12-16-21/h2-8,11-12,15-17,19,22,24H,9-10,13-14,18H2,1H3,(H2,31,36)(H2,32,33,34,35)/t19?,22?,24-,29-/m0/s1. The molecular formula is C29H32ClN5O2. The van der Waals surface area contributed by atoms with E-state index in [-0.39, 0.29) is 11.9 Å². The number of para-hydroxylation sites is 1. The van der Waals surface area contributed by atoms with Crippen LogP contribution in [0.1, 0.15) is 32.1 Å². The Labute approximate surface area is 222 Å². The van der Waals surface area contributed by atoms with Gasteiger partial charge in [-0.3, -0.25) is 4.79 Å². The zero-order valence-corrected chi connectivity index (χ0v) is 21.6. The fraction of sp³-hybridized carbons (Fsp3) is 0.345. The number of amides is 1. The molecule has 1 heterocycles. The second kappa shape index (κ2) is 10.9. The number of anilines is 3. The van der Waals surface area contributed by atoms with Crippen molar-refractivity contribution in [2.45, 2.75) is 43.7 Å². The molecule has 0 spiro atoms. The molecule has 2 aliphatic rings. The first-order chi connectivity index (χ1) is 18.0. The highest BCUT2D eigenvalue weighted by atomic mass is 35.5. The van der Waals surface area contributed by atoms with Gasteiger partial charge in [0.05, 0.1) is 11.4 Å². The quantitative estimate of drug-likeness (QED) is 0.338. The maximum Gasteiger partial charge on any atom is 0.227 e. The van der Waals surface area contributed by atoms with Crippen molar-refractivity contribution >= 4 is 45.9 Å². The number of hydrogen-bond acceptors (Lipinski definition) is 6. The lowest BCUT2D eigenvalue weighted by atomic mass is 9.72. The van der Waals surface area contributed by atoms with E-state index in [1.165, 1.54) is 0 Å². The molecule has 2 atom stereocenters. The Bertz CT molecular complexity index is 1320. The van der Waals surface area contributed by atoms with E-state index in [1.807, 2.05) is 72.8 Å². The second-order valence-electron chi connectivity index (χ2n) is 9.89. The van der Waals surface area contributed by atoms with E-state index in [9.17, 15) is 4.79 Å². The van der Waals surface area contributed by atoms with Crippen LogP contribution in [0.25, 0.3) is 10.9 Å². The van der Waals surface area contributed by atoms with Crippen molar-refractivity contribution in [3.05, 3.63) is 77.9 Å². The van der Waals surface area contributed by atoms with Crippen molar-refractivity contribution in [3.8, 4) is 0 Å². The van der Waals surface area contributed by atoms with E-state index in [0.717, 1.165) is 54.5 Å². The molecule has 7 nitrogen and oxygen atoms in total. The van der Waals surface area contributed by atoms with Gasteiger partial charge in [0.1, 0.15) is 11.4 Å². The number of rotatable bonds is 8. The summed E-state index contributed by atoms with van der Waals surface area (Å²) in [7, 11) is 1.67. The molecule has 2 aromatic carbocycles. The molecule has 8 heteroatoms. The summed E-state index contributed by atoms with van der Waals surface area (Å²) < 4.78 is 5.90. The summed E-state index contributed by atoms with van der Waals surface area (Å²) in [6.07, 6.45) is 12.5. The van der Waals surface area contributed by atoms with Crippen molar-refractivity contribution < 1.29 is 9.53 Å². The fourth-order valence-corrected chi connectivity index (χ4v) is 5.65. The summed E-state index contributed by atoms with van der Waals surface area (Å²) in [6, 6.07) is 15.8.